The van der Waals surface area contributed by atoms with Gasteiger partial charge >= 0.3 is 6.18 Å². The molecule has 2 aliphatic heterocycles. The minimum Gasteiger partial charge on any atom is -0.496 e. The van der Waals surface area contributed by atoms with Crippen molar-refractivity contribution in [1.82, 2.24) is 0 Å². The number of rotatable bonds is 3. The number of fused-ring (bicyclic) bond motifs is 3. The molecule has 0 amide bonds. The molecular formula is C23H22ClF3N2OS. The summed E-state index contributed by atoms with van der Waals surface area (Å²) in [5.41, 5.74) is 2.82. The second kappa shape index (κ2) is 8.43. The second-order valence-electron chi connectivity index (χ2n) is 7.47. The lowest BCUT2D eigenvalue weighted by molar-refractivity contribution is -0.0932. The number of halogens is 4. The molecule has 2 aliphatic rings. The van der Waals surface area contributed by atoms with Crippen LogP contribution in [0.5, 0.6) is 5.75 Å². The van der Waals surface area contributed by atoms with Crippen LogP contribution in [0.15, 0.2) is 52.7 Å². The second-order valence-corrected chi connectivity index (χ2v) is 9.00. The maximum atomic E-state index is 14.1. The van der Waals surface area contributed by atoms with Crippen LogP contribution in [0.1, 0.15) is 35.8 Å². The fourth-order valence-electron chi connectivity index (χ4n) is 4.26. The van der Waals surface area contributed by atoms with E-state index in [9.17, 15) is 13.2 Å². The molecule has 0 aromatic heterocycles. The van der Waals surface area contributed by atoms with Crippen molar-refractivity contribution in [2.75, 3.05) is 24.3 Å². The zero-order chi connectivity index (χ0) is 22.3. The first-order valence-corrected chi connectivity index (χ1v) is 11.4. The van der Waals surface area contributed by atoms with Crippen LogP contribution in [0.25, 0.3) is 0 Å². The van der Waals surface area contributed by atoms with Crippen molar-refractivity contribution in [3.05, 3.63) is 69.4 Å². The van der Waals surface area contributed by atoms with Gasteiger partial charge < -0.3 is 4.74 Å². The molecule has 0 N–H and O–H groups in total. The SMILES string of the molecule is CCc1c(OC)cccc1[C@H]1SCC2=NCC(C)=C(C(F)(F)F)N2c2ccc(Cl)cc21. The van der Waals surface area contributed by atoms with E-state index in [0.717, 1.165) is 28.9 Å². The standard InChI is InChI=1S/C23H22ClF3N2OS/c1-4-15-16(6-5-7-19(15)30-3)21-17-10-14(24)8-9-18(17)29-20(12-31-21)28-11-13(2)22(29)23(25,26)27/h5-10,21H,4,11-12H2,1-3H3/t21-/m1/s1. The van der Waals surface area contributed by atoms with Crippen LogP contribution in [-0.2, 0) is 6.42 Å². The van der Waals surface area contributed by atoms with E-state index in [1.165, 1.54) is 11.8 Å². The van der Waals surface area contributed by atoms with Crippen LogP contribution < -0.4 is 9.64 Å². The van der Waals surface area contributed by atoms with Crippen molar-refractivity contribution in [3.8, 4) is 5.75 Å². The molecule has 31 heavy (non-hydrogen) atoms. The number of methoxy groups -OCH3 is 1. The van der Waals surface area contributed by atoms with E-state index in [1.807, 2.05) is 25.1 Å². The topological polar surface area (TPSA) is 24.8 Å². The van der Waals surface area contributed by atoms with E-state index in [0.29, 0.717) is 22.3 Å². The van der Waals surface area contributed by atoms with Crippen molar-refractivity contribution in [2.24, 2.45) is 4.99 Å². The van der Waals surface area contributed by atoms with E-state index in [-0.39, 0.29) is 17.4 Å². The molecule has 2 heterocycles. The summed E-state index contributed by atoms with van der Waals surface area (Å²) in [5.74, 6) is 1.54. The van der Waals surface area contributed by atoms with Crippen LogP contribution in [0, 0.1) is 0 Å². The van der Waals surface area contributed by atoms with Crippen LogP contribution in [0.4, 0.5) is 18.9 Å². The maximum Gasteiger partial charge on any atom is 0.431 e. The lowest BCUT2D eigenvalue weighted by Crippen LogP contribution is -2.41. The quantitative estimate of drug-likeness (QED) is 0.497. The summed E-state index contributed by atoms with van der Waals surface area (Å²) in [6.07, 6.45) is -3.75. The molecular weight excluding hydrogens is 445 g/mol. The van der Waals surface area contributed by atoms with Crippen LogP contribution in [0.3, 0.4) is 0 Å². The summed E-state index contributed by atoms with van der Waals surface area (Å²) in [5, 5.41) is 0.277. The number of benzene rings is 2. The molecule has 0 spiro atoms. The first-order valence-electron chi connectivity index (χ1n) is 9.93. The molecule has 0 unspecified atom stereocenters. The Hall–Kier alpha value is -2.12. The normalized spacial score (nSPS) is 18.9. The molecule has 164 valence electrons. The molecule has 0 saturated heterocycles. The molecule has 2 aromatic carbocycles. The average molecular weight is 467 g/mol. The molecule has 0 aliphatic carbocycles. The number of ether oxygens (including phenoxy) is 1. The Labute approximate surface area is 188 Å². The number of hydrogen-bond donors (Lipinski definition) is 0. The van der Waals surface area contributed by atoms with Crippen molar-refractivity contribution in [3.63, 3.8) is 0 Å². The summed E-state index contributed by atoms with van der Waals surface area (Å²) in [6.45, 7) is 3.59. The first-order chi connectivity index (χ1) is 14.8. The molecule has 0 saturated carbocycles. The smallest absolute Gasteiger partial charge is 0.431 e. The largest absolute Gasteiger partial charge is 0.496 e. The highest BCUT2D eigenvalue weighted by Crippen LogP contribution is 2.49. The predicted octanol–water partition coefficient (Wildman–Crippen LogP) is 6.80. The molecule has 0 fully saturated rings. The number of anilines is 1. The Morgan fingerprint density at radius 3 is 2.68 bits per heavy atom. The van der Waals surface area contributed by atoms with Gasteiger partial charge in [0.2, 0.25) is 0 Å². The van der Waals surface area contributed by atoms with E-state index in [4.69, 9.17) is 16.3 Å². The van der Waals surface area contributed by atoms with Crippen molar-refractivity contribution in [2.45, 2.75) is 31.7 Å². The number of thioether (sulfide) groups is 1. The Kier molecular flexibility index (Phi) is 6.01. The molecule has 0 bridgehead atoms. The van der Waals surface area contributed by atoms with Crippen molar-refractivity contribution in [1.29, 1.82) is 0 Å². The lowest BCUT2D eigenvalue weighted by atomic mass is 9.95. The van der Waals surface area contributed by atoms with Gasteiger partial charge in [-0.1, -0.05) is 30.7 Å². The number of nitrogens with zero attached hydrogens (tertiary/aromatic N) is 2. The van der Waals surface area contributed by atoms with E-state index < -0.39 is 11.9 Å². The molecule has 1 atom stereocenters. The van der Waals surface area contributed by atoms with Gasteiger partial charge in [0, 0.05) is 5.02 Å². The van der Waals surface area contributed by atoms with Gasteiger partial charge in [-0.25, -0.2) is 0 Å². The third-order valence-corrected chi connectivity index (χ3v) is 7.07. The summed E-state index contributed by atoms with van der Waals surface area (Å²) in [6, 6.07) is 10.9. The number of alkyl halides is 3. The Morgan fingerprint density at radius 2 is 2.00 bits per heavy atom. The van der Waals surface area contributed by atoms with Gasteiger partial charge in [0.15, 0.2) is 0 Å². The van der Waals surface area contributed by atoms with E-state index in [2.05, 4.69) is 4.99 Å². The highest BCUT2D eigenvalue weighted by atomic mass is 35.5. The number of allylic oxidation sites excluding steroid dienone is 1. The molecule has 8 heteroatoms. The van der Waals surface area contributed by atoms with Crippen LogP contribution in [-0.4, -0.2) is 31.4 Å². The van der Waals surface area contributed by atoms with Gasteiger partial charge in [-0.2, -0.15) is 13.2 Å². The van der Waals surface area contributed by atoms with Gasteiger partial charge in [-0.3, -0.25) is 9.89 Å². The highest BCUT2D eigenvalue weighted by Gasteiger charge is 2.45. The summed E-state index contributed by atoms with van der Waals surface area (Å²) < 4.78 is 47.9. The summed E-state index contributed by atoms with van der Waals surface area (Å²) in [7, 11) is 1.63. The maximum absolute atomic E-state index is 14.1. The Morgan fingerprint density at radius 1 is 1.23 bits per heavy atom. The fourth-order valence-corrected chi connectivity index (χ4v) is 5.74. The molecule has 4 rings (SSSR count). The average Bonchev–Trinajstić information content (AvgIpc) is 2.88. The number of aliphatic imine (C=N–C) groups is 1. The van der Waals surface area contributed by atoms with Gasteiger partial charge in [-0.05, 0) is 59.9 Å². The third-order valence-electron chi connectivity index (χ3n) is 5.57. The number of amidine groups is 1. The fraction of sp³-hybridized carbons (Fsp3) is 0.348. The number of hydrogen-bond acceptors (Lipinski definition) is 4. The predicted molar refractivity (Wildman–Crippen MR) is 122 cm³/mol. The van der Waals surface area contributed by atoms with Crippen molar-refractivity contribution < 1.29 is 17.9 Å². The molecule has 2 aromatic rings. The Bertz CT molecular complexity index is 1080. The van der Waals surface area contributed by atoms with Crippen LogP contribution >= 0.6 is 23.4 Å². The Balaban J connectivity index is 1.96. The van der Waals surface area contributed by atoms with E-state index >= 15 is 0 Å². The minimum absolute atomic E-state index is 0.0498. The zero-order valence-corrected chi connectivity index (χ0v) is 19.0. The summed E-state index contributed by atoms with van der Waals surface area (Å²) in [4.78, 5) is 5.77. The summed E-state index contributed by atoms with van der Waals surface area (Å²) >= 11 is 7.89. The van der Waals surface area contributed by atoms with Gasteiger partial charge in [0.05, 0.1) is 30.3 Å². The lowest BCUT2D eigenvalue weighted by Gasteiger charge is -2.34. The van der Waals surface area contributed by atoms with Crippen LogP contribution in [0.2, 0.25) is 5.02 Å². The third kappa shape index (κ3) is 3.94. The highest BCUT2D eigenvalue weighted by molar-refractivity contribution is 8.00. The van der Waals surface area contributed by atoms with Crippen molar-refractivity contribution >= 4 is 34.9 Å². The zero-order valence-electron chi connectivity index (χ0n) is 17.4. The van der Waals surface area contributed by atoms with E-state index in [1.54, 1.807) is 37.1 Å². The van der Waals surface area contributed by atoms with Gasteiger partial charge in [-0.15, -0.1) is 11.8 Å². The van der Waals surface area contributed by atoms with Gasteiger partial charge in [0.25, 0.3) is 0 Å². The van der Waals surface area contributed by atoms with Gasteiger partial charge in [0.1, 0.15) is 17.3 Å². The molecule has 0 radical (unpaired) electrons. The first kappa shape index (κ1) is 22.1. The minimum atomic E-state index is -4.49. The molecule has 3 nitrogen and oxygen atoms in total. The monoisotopic (exact) mass is 466 g/mol.